The Balaban J connectivity index is 1.76. The van der Waals surface area contributed by atoms with Gasteiger partial charge in [0.1, 0.15) is 35.9 Å². The average Bonchev–Trinajstić information content (AvgIpc) is 2.77. The standard InChI is InChI=1S/C25H20O5/c1-17-22(14-26)21-12-20(28-15-18-8-4-2-5-9-18)13-23(24(21)25(27)30-17)29-16-19-10-6-3-7-11-19/h2-14H,15-16H2,1H3. The molecule has 0 N–H and O–H groups in total. The van der Waals surface area contributed by atoms with Gasteiger partial charge in [0.2, 0.25) is 0 Å². The molecule has 0 unspecified atom stereocenters. The zero-order chi connectivity index (χ0) is 20.9. The molecular weight excluding hydrogens is 380 g/mol. The lowest BCUT2D eigenvalue weighted by molar-refractivity contribution is 0.112. The molecule has 0 amide bonds. The maximum Gasteiger partial charge on any atom is 0.347 e. The van der Waals surface area contributed by atoms with Crippen molar-refractivity contribution in [3.8, 4) is 11.5 Å². The minimum Gasteiger partial charge on any atom is -0.489 e. The Hall–Kier alpha value is -3.86. The van der Waals surface area contributed by atoms with E-state index in [1.807, 2.05) is 60.7 Å². The van der Waals surface area contributed by atoms with Gasteiger partial charge >= 0.3 is 5.63 Å². The molecule has 4 rings (SSSR count). The molecular formula is C25H20O5. The van der Waals surface area contributed by atoms with Gasteiger partial charge in [-0.1, -0.05) is 60.7 Å². The van der Waals surface area contributed by atoms with Crippen molar-refractivity contribution in [3.05, 3.63) is 106 Å². The van der Waals surface area contributed by atoms with Crippen LogP contribution in [-0.2, 0) is 13.2 Å². The Morgan fingerprint density at radius 2 is 1.47 bits per heavy atom. The lowest BCUT2D eigenvalue weighted by Gasteiger charge is -2.14. The summed E-state index contributed by atoms with van der Waals surface area (Å²) in [5, 5.41) is 0.679. The molecule has 0 saturated carbocycles. The summed E-state index contributed by atoms with van der Waals surface area (Å²) < 4.78 is 17.2. The Morgan fingerprint density at radius 3 is 2.07 bits per heavy atom. The largest absolute Gasteiger partial charge is 0.489 e. The van der Waals surface area contributed by atoms with Crippen molar-refractivity contribution in [1.29, 1.82) is 0 Å². The van der Waals surface area contributed by atoms with Gasteiger partial charge in [-0.15, -0.1) is 0 Å². The van der Waals surface area contributed by atoms with Crippen LogP contribution in [0.15, 0.2) is 82.0 Å². The number of hydrogen-bond donors (Lipinski definition) is 0. The summed E-state index contributed by atoms with van der Waals surface area (Å²) in [6.45, 7) is 2.20. The van der Waals surface area contributed by atoms with E-state index in [9.17, 15) is 9.59 Å². The maximum atomic E-state index is 12.6. The second-order valence-electron chi connectivity index (χ2n) is 6.87. The van der Waals surface area contributed by atoms with E-state index in [4.69, 9.17) is 13.9 Å². The number of rotatable bonds is 7. The molecule has 5 nitrogen and oxygen atoms in total. The third-order valence-corrected chi connectivity index (χ3v) is 4.80. The van der Waals surface area contributed by atoms with Gasteiger partial charge in [0.05, 0.1) is 5.56 Å². The first kappa shape index (κ1) is 19.5. The van der Waals surface area contributed by atoms with Crippen LogP contribution in [0.2, 0.25) is 0 Å². The van der Waals surface area contributed by atoms with Crippen LogP contribution >= 0.6 is 0 Å². The van der Waals surface area contributed by atoms with Crippen LogP contribution in [0.4, 0.5) is 0 Å². The molecule has 1 heterocycles. The van der Waals surface area contributed by atoms with E-state index in [0.29, 0.717) is 35.3 Å². The fourth-order valence-electron chi connectivity index (χ4n) is 3.27. The first-order valence-electron chi connectivity index (χ1n) is 9.56. The van der Waals surface area contributed by atoms with E-state index < -0.39 is 5.63 Å². The average molecular weight is 400 g/mol. The maximum absolute atomic E-state index is 12.6. The summed E-state index contributed by atoms with van der Waals surface area (Å²) >= 11 is 0. The second kappa shape index (κ2) is 8.66. The van der Waals surface area contributed by atoms with Gasteiger partial charge in [0.15, 0.2) is 6.29 Å². The second-order valence-corrected chi connectivity index (χ2v) is 6.87. The molecule has 0 aliphatic carbocycles. The van der Waals surface area contributed by atoms with Crippen LogP contribution in [0.1, 0.15) is 27.2 Å². The number of benzene rings is 3. The SMILES string of the molecule is Cc1oc(=O)c2c(OCc3ccccc3)cc(OCc3ccccc3)cc2c1C=O. The van der Waals surface area contributed by atoms with E-state index in [2.05, 4.69) is 0 Å². The summed E-state index contributed by atoms with van der Waals surface area (Å²) in [4.78, 5) is 24.3. The summed E-state index contributed by atoms with van der Waals surface area (Å²) in [6.07, 6.45) is 0.683. The van der Waals surface area contributed by atoms with Gasteiger partial charge in [0.25, 0.3) is 0 Å². The number of aldehydes is 1. The summed E-state index contributed by atoms with van der Waals surface area (Å²) in [7, 11) is 0. The molecule has 0 atom stereocenters. The van der Waals surface area contributed by atoms with Crippen LogP contribution in [0.25, 0.3) is 10.8 Å². The van der Waals surface area contributed by atoms with Crippen LogP contribution in [-0.4, -0.2) is 6.29 Å². The number of hydrogen-bond acceptors (Lipinski definition) is 5. The predicted octanol–water partition coefficient (Wildman–Crippen LogP) is 5.07. The molecule has 0 aliphatic rings. The molecule has 3 aromatic carbocycles. The van der Waals surface area contributed by atoms with E-state index >= 15 is 0 Å². The van der Waals surface area contributed by atoms with Gasteiger partial charge in [-0.25, -0.2) is 4.79 Å². The van der Waals surface area contributed by atoms with Crippen molar-refractivity contribution >= 4 is 17.1 Å². The normalized spacial score (nSPS) is 10.7. The number of fused-ring (bicyclic) bond motifs is 1. The van der Waals surface area contributed by atoms with Crippen LogP contribution in [0, 0.1) is 6.92 Å². The van der Waals surface area contributed by atoms with Crippen LogP contribution in [0.5, 0.6) is 11.5 Å². The van der Waals surface area contributed by atoms with Gasteiger partial charge in [0, 0.05) is 11.5 Å². The fourth-order valence-corrected chi connectivity index (χ4v) is 3.27. The Kier molecular flexibility index (Phi) is 5.61. The van der Waals surface area contributed by atoms with Crippen molar-refractivity contribution in [2.45, 2.75) is 20.1 Å². The topological polar surface area (TPSA) is 65.7 Å². The Bertz CT molecular complexity index is 1230. The molecule has 5 heteroatoms. The number of carbonyl (C=O) groups excluding carboxylic acids is 1. The highest BCUT2D eigenvalue weighted by Gasteiger charge is 2.17. The van der Waals surface area contributed by atoms with Gasteiger partial charge in [-0.2, -0.15) is 0 Å². The number of ether oxygens (including phenoxy) is 2. The number of aryl methyl sites for hydroxylation is 1. The summed E-state index contributed by atoms with van der Waals surface area (Å²) in [5.74, 6) is 1.08. The zero-order valence-electron chi connectivity index (χ0n) is 16.5. The van der Waals surface area contributed by atoms with Gasteiger partial charge in [-0.05, 0) is 24.1 Å². The lowest BCUT2D eigenvalue weighted by Crippen LogP contribution is -2.08. The molecule has 30 heavy (non-hydrogen) atoms. The monoisotopic (exact) mass is 400 g/mol. The van der Waals surface area contributed by atoms with Crippen LogP contribution < -0.4 is 15.1 Å². The Morgan fingerprint density at radius 1 is 0.867 bits per heavy atom. The molecule has 0 radical (unpaired) electrons. The lowest BCUT2D eigenvalue weighted by atomic mass is 10.1. The van der Waals surface area contributed by atoms with E-state index in [-0.39, 0.29) is 17.8 Å². The Labute approximate surface area is 173 Å². The molecule has 4 aromatic rings. The number of carbonyl (C=O) groups is 1. The van der Waals surface area contributed by atoms with E-state index in [1.54, 1.807) is 19.1 Å². The smallest absolute Gasteiger partial charge is 0.347 e. The van der Waals surface area contributed by atoms with Crippen molar-refractivity contribution in [1.82, 2.24) is 0 Å². The predicted molar refractivity (Wildman–Crippen MR) is 114 cm³/mol. The highest BCUT2D eigenvalue weighted by atomic mass is 16.5. The van der Waals surface area contributed by atoms with Crippen LogP contribution in [0.3, 0.4) is 0 Å². The fraction of sp³-hybridized carbons (Fsp3) is 0.120. The molecule has 150 valence electrons. The van der Waals surface area contributed by atoms with Crippen molar-refractivity contribution in [2.24, 2.45) is 0 Å². The van der Waals surface area contributed by atoms with E-state index in [0.717, 1.165) is 11.1 Å². The quantitative estimate of drug-likeness (QED) is 0.405. The molecule has 0 aliphatic heterocycles. The summed E-state index contributed by atoms with van der Waals surface area (Å²) in [5.41, 5.74) is 1.71. The highest BCUT2D eigenvalue weighted by molar-refractivity contribution is 6.01. The minimum atomic E-state index is -0.550. The van der Waals surface area contributed by atoms with Crippen molar-refractivity contribution in [2.75, 3.05) is 0 Å². The minimum absolute atomic E-state index is 0.227. The first-order chi connectivity index (χ1) is 14.7. The third-order valence-electron chi connectivity index (χ3n) is 4.80. The van der Waals surface area contributed by atoms with Crippen molar-refractivity contribution in [3.63, 3.8) is 0 Å². The molecule has 0 bridgehead atoms. The van der Waals surface area contributed by atoms with Gasteiger partial charge in [-0.3, -0.25) is 4.79 Å². The molecule has 0 saturated heterocycles. The van der Waals surface area contributed by atoms with Gasteiger partial charge < -0.3 is 13.9 Å². The molecule has 1 aromatic heterocycles. The first-order valence-corrected chi connectivity index (χ1v) is 9.56. The summed E-state index contributed by atoms with van der Waals surface area (Å²) in [6, 6.07) is 22.7. The molecule has 0 spiro atoms. The zero-order valence-corrected chi connectivity index (χ0v) is 16.5. The van der Waals surface area contributed by atoms with E-state index in [1.165, 1.54) is 0 Å². The van der Waals surface area contributed by atoms with Crippen molar-refractivity contribution < 1.29 is 18.7 Å². The third kappa shape index (κ3) is 4.10. The molecule has 0 fully saturated rings. The highest BCUT2D eigenvalue weighted by Crippen LogP contribution is 2.33.